The van der Waals surface area contributed by atoms with E-state index in [9.17, 15) is 20.1 Å². The van der Waals surface area contributed by atoms with E-state index in [2.05, 4.69) is 10.3 Å². The Hall–Kier alpha value is -1.36. The molecule has 148 valence electrons. The van der Waals surface area contributed by atoms with Crippen LogP contribution in [0.3, 0.4) is 0 Å². The van der Waals surface area contributed by atoms with E-state index in [0.717, 1.165) is 15.8 Å². The molecule has 11 heteroatoms. The summed E-state index contributed by atoms with van der Waals surface area (Å²) in [5.74, 6) is -0.727. The van der Waals surface area contributed by atoms with Crippen LogP contribution >= 0.6 is 34.1 Å². The number of carboxylic acid groups (broad SMARTS) is 1. The topological polar surface area (TPSA) is 118 Å². The fourth-order valence-electron chi connectivity index (χ4n) is 3.37. The van der Waals surface area contributed by atoms with Crippen molar-refractivity contribution in [3.8, 4) is 0 Å². The van der Waals surface area contributed by atoms with Gasteiger partial charge in [0.15, 0.2) is 5.69 Å². The zero-order valence-corrected chi connectivity index (χ0v) is 16.6. The van der Waals surface area contributed by atoms with E-state index < -0.39 is 40.4 Å². The second-order valence-corrected chi connectivity index (χ2v) is 9.42. The number of aliphatic hydroxyl groups excluding tert-OH is 2. The van der Waals surface area contributed by atoms with Gasteiger partial charge in [0.05, 0.1) is 35.1 Å². The number of benzene rings is 1. The van der Waals surface area contributed by atoms with Crippen LogP contribution in [-0.4, -0.2) is 73.2 Å². The highest BCUT2D eigenvalue weighted by Crippen LogP contribution is 2.51. The number of carboxylic acids is 1. The molecule has 0 spiro atoms. The summed E-state index contributed by atoms with van der Waals surface area (Å²) in [6.07, 6.45) is -0.496. The molecule has 1 aliphatic rings. The van der Waals surface area contributed by atoms with E-state index >= 15 is 0 Å². The van der Waals surface area contributed by atoms with Crippen molar-refractivity contribution >= 4 is 40.1 Å². The minimum Gasteiger partial charge on any atom is -0.476 e. The van der Waals surface area contributed by atoms with Gasteiger partial charge in [0.2, 0.25) is 0 Å². The van der Waals surface area contributed by atoms with Crippen molar-refractivity contribution in [1.29, 1.82) is 0 Å². The summed E-state index contributed by atoms with van der Waals surface area (Å²) in [6.45, 7) is -0.281. The summed E-state index contributed by atoms with van der Waals surface area (Å²) < 4.78 is 6.72. The molecule has 1 saturated heterocycles. The zero-order chi connectivity index (χ0) is 19.7. The fourth-order valence-corrected chi connectivity index (χ4v) is 6.66. The number of carbonyl (C=O) groups is 1. The Morgan fingerprint density at radius 2 is 2.15 bits per heavy atom. The number of aromatic nitrogens is 3. The number of hydrogen-bond donors (Lipinski definition) is 4. The second-order valence-electron chi connectivity index (χ2n) is 6.13. The molecule has 0 radical (unpaired) electrons. The molecular weight excluding hydrogens is 417 g/mol. The lowest BCUT2D eigenvalue weighted by Crippen LogP contribution is -2.51. The SMILES string of the molecule is CO[C@H]1C[SH](c2ccc(Cl)c(Cl)c2)[C@H](CO)[C@H](O)[C@@H]1n1nncc1C(=O)O. The lowest BCUT2D eigenvalue weighted by molar-refractivity contribution is -0.0152. The van der Waals surface area contributed by atoms with Crippen molar-refractivity contribution in [3.05, 3.63) is 40.1 Å². The van der Waals surface area contributed by atoms with Gasteiger partial charge in [-0.1, -0.05) is 28.4 Å². The van der Waals surface area contributed by atoms with Gasteiger partial charge in [-0.15, -0.1) is 5.10 Å². The van der Waals surface area contributed by atoms with Crippen LogP contribution in [0.4, 0.5) is 0 Å². The predicted molar refractivity (Wildman–Crippen MR) is 102 cm³/mol. The smallest absolute Gasteiger partial charge is 0.355 e. The molecule has 5 atom stereocenters. The Kier molecular flexibility index (Phi) is 6.29. The summed E-state index contributed by atoms with van der Waals surface area (Å²) in [4.78, 5) is 12.3. The van der Waals surface area contributed by atoms with Crippen LogP contribution in [0.5, 0.6) is 0 Å². The van der Waals surface area contributed by atoms with Gasteiger partial charge < -0.3 is 20.1 Å². The predicted octanol–water partition coefficient (Wildman–Crippen LogP) is 1.63. The maximum Gasteiger partial charge on any atom is 0.355 e. The summed E-state index contributed by atoms with van der Waals surface area (Å²) in [7, 11) is 0.441. The number of rotatable bonds is 5. The molecule has 1 fully saturated rings. The van der Waals surface area contributed by atoms with Gasteiger partial charge in [0, 0.05) is 18.1 Å². The average molecular weight is 436 g/mol. The maximum absolute atomic E-state index is 11.4. The van der Waals surface area contributed by atoms with Crippen molar-refractivity contribution in [2.75, 3.05) is 19.5 Å². The standard InChI is InChI=1S/C16H19Cl2N3O5S/c1-26-12-7-27(8-2-3-9(17)10(18)4-8)13(6-22)15(23)14(12)21-11(16(24)25)5-19-20-21/h2-5,12-15,22-23,27H,6-7H2,1H3,(H,24,25)/t12-,13+,14+,15-/m0/s1. The average Bonchev–Trinajstić information content (AvgIpc) is 3.12. The summed E-state index contributed by atoms with van der Waals surface area (Å²) in [6, 6.07) is 4.44. The molecule has 3 rings (SSSR count). The fraction of sp³-hybridized carbons (Fsp3) is 0.438. The van der Waals surface area contributed by atoms with Gasteiger partial charge >= 0.3 is 5.97 Å². The molecule has 8 nitrogen and oxygen atoms in total. The van der Waals surface area contributed by atoms with E-state index in [0.29, 0.717) is 15.8 Å². The normalized spacial score (nSPS) is 29.6. The van der Waals surface area contributed by atoms with E-state index in [-0.39, 0.29) is 12.3 Å². The molecule has 1 unspecified atom stereocenters. The van der Waals surface area contributed by atoms with Crippen molar-refractivity contribution in [1.82, 2.24) is 15.0 Å². The van der Waals surface area contributed by atoms with E-state index in [1.54, 1.807) is 12.1 Å². The maximum atomic E-state index is 11.4. The molecule has 2 heterocycles. The first-order chi connectivity index (χ1) is 12.9. The number of halogens is 2. The number of aliphatic hydroxyl groups is 2. The number of ether oxygens (including phenoxy) is 1. The number of aromatic carboxylic acids is 1. The van der Waals surface area contributed by atoms with Crippen molar-refractivity contribution in [2.24, 2.45) is 0 Å². The third-order valence-electron chi connectivity index (χ3n) is 4.70. The van der Waals surface area contributed by atoms with Crippen LogP contribution in [0.1, 0.15) is 16.5 Å². The van der Waals surface area contributed by atoms with Crippen LogP contribution in [0.15, 0.2) is 29.3 Å². The number of hydrogen-bond acceptors (Lipinski definition) is 6. The lowest BCUT2D eigenvalue weighted by Gasteiger charge is -2.46. The van der Waals surface area contributed by atoms with Crippen LogP contribution in [-0.2, 0) is 4.74 Å². The number of thiol groups is 1. The highest BCUT2D eigenvalue weighted by molar-refractivity contribution is 8.17. The van der Waals surface area contributed by atoms with Crippen LogP contribution in [0.2, 0.25) is 10.0 Å². The molecule has 1 aliphatic heterocycles. The van der Waals surface area contributed by atoms with Gasteiger partial charge in [-0.25, -0.2) is 20.4 Å². The summed E-state index contributed by atoms with van der Waals surface area (Å²) >= 11 is 12.1. The van der Waals surface area contributed by atoms with E-state index in [4.69, 9.17) is 27.9 Å². The molecule has 0 bridgehead atoms. The van der Waals surface area contributed by atoms with Crippen LogP contribution < -0.4 is 0 Å². The monoisotopic (exact) mass is 435 g/mol. The molecule has 0 amide bonds. The van der Waals surface area contributed by atoms with Crippen LogP contribution in [0.25, 0.3) is 0 Å². The van der Waals surface area contributed by atoms with E-state index in [1.807, 2.05) is 6.07 Å². The molecule has 27 heavy (non-hydrogen) atoms. The van der Waals surface area contributed by atoms with Crippen molar-refractivity contribution in [2.45, 2.75) is 28.4 Å². The van der Waals surface area contributed by atoms with Crippen molar-refractivity contribution in [3.63, 3.8) is 0 Å². The number of methoxy groups -OCH3 is 1. The van der Waals surface area contributed by atoms with Crippen molar-refractivity contribution < 1.29 is 24.9 Å². The molecule has 0 aliphatic carbocycles. The van der Waals surface area contributed by atoms with Gasteiger partial charge in [-0.05, 0) is 23.1 Å². The largest absolute Gasteiger partial charge is 0.476 e. The summed E-state index contributed by atoms with van der Waals surface area (Å²) in [5, 5.41) is 38.1. The zero-order valence-electron chi connectivity index (χ0n) is 14.2. The summed E-state index contributed by atoms with van der Waals surface area (Å²) in [5.41, 5.74) is -0.154. The highest BCUT2D eigenvalue weighted by atomic mass is 35.5. The van der Waals surface area contributed by atoms with Gasteiger partial charge in [-0.3, -0.25) is 0 Å². The first-order valence-corrected chi connectivity index (χ1v) is 10.4. The first kappa shape index (κ1) is 20.4. The molecule has 1 aromatic carbocycles. The second kappa shape index (κ2) is 8.34. The van der Waals surface area contributed by atoms with Gasteiger partial charge in [-0.2, -0.15) is 0 Å². The Morgan fingerprint density at radius 3 is 2.74 bits per heavy atom. The molecular formula is C16H19Cl2N3O5S. The molecule has 1 aromatic heterocycles. The lowest BCUT2D eigenvalue weighted by atomic mass is 10.0. The Bertz CT molecular complexity index is 836. The minimum atomic E-state index is -1.21. The Labute approximate surface area is 168 Å². The van der Waals surface area contributed by atoms with Gasteiger partial charge in [0.1, 0.15) is 6.04 Å². The van der Waals surface area contributed by atoms with Gasteiger partial charge in [0.25, 0.3) is 0 Å². The minimum absolute atomic E-state index is 0.154. The molecule has 0 saturated carbocycles. The third kappa shape index (κ3) is 3.80. The Morgan fingerprint density at radius 1 is 1.41 bits per heavy atom. The number of nitrogens with zero attached hydrogens (tertiary/aromatic N) is 3. The first-order valence-electron chi connectivity index (χ1n) is 8.06. The third-order valence-corrected chi connectivity index (χ3v) is 8.41. The highest BCUT2D eigenvalue weighted by Gasteiger charge is 2.45. The Balaban J connectivity index is 2.00. The van der Waals surface area contributed by atoms with Crippen LogP contribution in [0, 0.1) is 0 Å². The quantitative estimate of drug-likeness (QED) is 0.527. The molecule has 2 aromatic rings. The van der Waals surface area contributed by atoms with E-state index in [1.165, 1.54) is 7.11 Å². The molecule has 3 N–H and O–H groups in total.